The minimum Gasteiger partial charge on any atom is -0.480 e. The van der Waals surface area contributed by atoms with Gasteiger partial charge in [0, 0.05) is 19.0 Å². The van der Waals surface area contributed by atoms with Gasteiger partial charge in [-0.1, -0.05) is 12.8 Å². The molecule has 3 N–H and O–H groups in total. The molecule has 0 bridgehead atoms. The number of amides is 1. The summed E-state index contributed by atoms with van der Waals surface area (Å²) in [5.74, 6) is -1.27. The molecule has 0 aromatic rings. The highest BCUT2D eigenvalue weighted by Gasteiger charge is 2.38. The molecule has 2 fully saturated rings. The maximum Gasteiger partial charge on any atom is 0.326 e. The van der Waals surface area contributed by atoms with Crippen molar-refractivity contribution in [3.63, 3.8) is 0 Å². The number of β-amino-alcohol motifs (C(OH)–C–C–N with tert-alkyl or cyclic N) is 1. The topological polar surface area (TPSA) is 89.9 Å². The van der Waals surface area contributed by atoms with Crippen LogP contribution < -0.4 is 5.32 Å². The first-order valence-corrected chi connectivity index (χ1v) is 6.51. The van der Waals surface area contributed by atoms with E-state index in [-0.39, 0.29) is 25.4 Å². The maximum atomic E-state index is 12.0. The molecule has 2 rings (SSSR count). The van der Waals surface area contributed by atoms with Crippen LogP contribution in [0.25, 0.3) is 0 Å². The van der Waals surface area contributed by atoms with Gasteiger partial charge in [-0.05, 0) is 12.8 Å². The van der Waals surface area contributed by atoms with E-state index in [1.54, 1.807) is 0 Å². The Labute approximate surface area is 106 Å². The second-order valence-corrected chi connectivity index (χ2v) is 5.15. The van der Waals surface area contributed by atoms with E-state index in [2.05, 4.69) is 5.32 Å². The zero-order chi connectivity index (χ0) is 13.1. The number of hydrogen-bond donors (Lipinski definition) is 3. The maximum absolute atomic E-state index is 12.0. The summed E-state index contributed by atoms with van der Waals surface area (Å²) in [6, 6.07) is -0.498. The Hall–Kier alpha value is -1.14. The minimum absolute atomic E-state index is 0.127. The van der Waals surface area contributed by atoms with E-state index in [4.69, 9.17) is 5.11 Å². The summed E-state index contributed by atoms with van der Waals surface area (Å²) in [6.07, 6.45) is 3.94. The second kappa shape index (κ2) is 5.67. The molecule has 0 aromatic carbocycles. The van der Waals surface area contributed by atoms with Crippen molar-refractivity contribution in [3.05, 3.63) is 0 Å². The van der Waals surface area contributed by atoms with Gasteiger partial charge in [0.2, 0.25) is 5.91 Å². The minimum atomic E-state index is -1.04. The number of rotatable bonds is 4. The standard InChI is InChI=1S/C12H20N2O4/c15-9-5-10(12(17)18)14(7-9)11(16)6-13-8-3-1-2-4-8/h8-10,13,15H,1-7H2,(H,17,18)/t9-,10+/m1/s1. The largest absolute Gasteiger partial charge is 0.480 e. The molecule has 0 spiro atoms. The Kier molecular flexibility index (Phi) is 4.19. The molecule has 1 heterocycles. The third-order valence-corrected chi connectivity index (χ3v) is 3.78. The number of hydrogen-bond acceptors (Lipinski definition) is 4. The summed E-state index contributed by atoms with van der Waals surface area (Å²) in [4.78, 5) is 24.2. The molecule has 0 unspecified atom stereocenters. The highest BCUT2D eigenvalue weighted by atomic mass is 16.4. The van der Waals surface area contributed by atoms with E-state index in [9.17, 15) is 14.7 Å². The SMILES string of the molecule is O=C(O)[C@@H]1C[C@@H](O)CN1C(=O)CNC1CCCC1. The van der Waals surface area contributed by atoms with Crippen molar-refractivity contribution in [2.45, 2.75) is 50.3 Å². The van der Waals surface area contributed by atoms with Crippen molar-refractivity contribution >= 4 is 11.9 Å². The van der Waals surface area contributed by atoms with Crippen molar-refractivity contribution in [2.24, 2.45) is 0 Å². The van der Waals surface area contributed by atoms with Crippen LogP contribution in [0.3, 0.4) is 0 Å². The van der Waals surface area contributed by atoms with Crippen LogP contribution in [0.5, 0.6) is 0 Å². The van der Waals surface area contributed by atoms with E-state index in [1.165, 1.54) is 17.7 Å². The van der Waals surface area contributed by atoms with Crippen LogP contribution in [0.1, 0.15) is 32.1 Å². The molecule has 0 aromatic heterocycles. The summed E-state index contributed by atoms with van der Waals surface area (Å²) in [6.45, 7) is 0.295. The lowest BCUT2D eigenvalue weighted by Gasteiger charge is -2.22. The van der Waals surface area contributed by atoms with Gasteiger partial charge in [-0.25, -0.2) is 4.79 Å². The van der Waals surface area contributed by atoms with Gasteiger partial charge in [-0.3, -0.25) is 4.79 Å². The Balaban J connectivity index is 1.85. The van der Waals surface area contributed by atoms with Crippen LogP contribution in [0, 0.1) is 0 Å². The quantitative estimate of drug-likeness (QED) is 0.635. The first-order valence-electron chi connectivity index (χ1n) is 6.51. The summed E-state index contributed by atoms with van der Waals surface area (Å²) in [5.41, 5.74) is 0. The number of likely N-dealkylation sites (tertiary alicyclic amines) is 1. The highest BCUT2D eigenvalue weighted by Crippen LogP contribution is 2.19. The first-order chi connectivity index (χ1) is 8.58. The number of aliphatic hydroxyl groups is 1. The Morgan fingerprint density at radius 2 is 1.94 bits per heavy atom. The Morgan fingerprint density at radius 1 is 1.28 bits per heavy atom. The molecule has 18 heavy (non-hydrogen) atoms. The average molecular weight is 256 g/mol. The van der Waals surface area contributed by atoms with Crippen molar-refractivity contribution in [2.75, 3.05) is 13.1 Å². The van der Waals surface area contributed by atoms with Gasteiger partial charge >= 0.3 is 5.97 Å². The molecule has 2 atom stereocenters. The van der Waals surface area contributed by atoms with E-state index in [0.29, 0.717) is 6.04 Å². The van der Waals surface area contributed by atoms with Crippen LogP contribution in [0.15, 0.2) is 0 Å². The fourth-order valence-electron chi connectivity index (χ4n) is 2.79. The summed E-state index contributed by atoms with van der Waals surface area (Å²) in [7, 11) is 0. The van der Waals surface area contributed by atoms with Gasteiger partial charge in [-0.2, -0.15) is 0 Å². The van der Waals surface area contributed by atoms with Gasteiger partial charge in [0.25, 0.3) is 0 Å². The van der Waals surface area contributed by atoms with Crippen LogP contribution in [0.2, 0.25) is 0 Å². The first kappa shape index (κ1) is 13.3. The molecule has 6 nitrogen and oxygen atoms in total. The average Bonchev–Trinajstić information content (AvgIpc) is 2.94. The smallest absolute Gasteiger partial charge is 0.326 e. The zero-order valence-corrected chi connectivity index (χ0v) is 10.3. The van der Waals surface area contributed by atoms with E-state index in [0.717, 1.165) is 12.8 Å². The molecule has 1 saturated carbocycles. The van der Waals surface area contributed by atoms with Gasteiger partial charge in [-0.15, -0.1) is 0 Å². The Morgan fingerprint density at radius 3 is 2.56 bits per heavy atom. The fourth-order valence-corrected chi connectivity index (χ4v) is 2.79. The van der Waals surface area contributed by atoms with E-state index < -0.39 is 18.1 Å². The summed E-state index contributed by atoms with van der Waals surface area (Å²) >= 11 is 0. The number of carboxylic acid groups (broad SMARTS) is 1. The molecule has 1 aliphatic heterocycles. The summed E-state index contributed by atoms with van der Waals surface area (Å²) in [5, 5.41) is 21.6. The number of nitrogens with one attached hydrogen (secondary N) is 1. The van der Waals surface area contributed by atoms with Crippen molar-refractivity contribution < 1.29 is 19.8 Å². The number of carboxylic acids is 1. The van der Waals surface area contributed by atoms with E-state index >= 15 is 0 Å². The van der Waals surface area contributed by atoms with Gasteiger partial charge in [0.15, 0.2) is 0 Å². The third kappa shape index (κ3) is 3.00. The van der Waals surface area contributed by atoms with Crippen molar-refractivity contribution in [1.82, 2.24) is 10.2 Å². The number of carbonyl (C=O) groups is 2. The number of nitrogens with zero attached hydrogens (tertiary/aromatic N) is 1. The number of aliphatic carboxylic acids is 1. The normalized spacial score (nSPS) is 28.8. The molecule has 1 saturated heterocycles. The van der Waals surface area contributed by atoms with E-state index in [1.807, 2.05) is 0 Å². The van der Waals surface area contributed by atoms with Gasteiger partial charge in [0.05, 0.1) is 12.6 Å². The third-order valence-electron chi connectivity index (χ3n) is 3.78. The fraction of sp³-hybridized carbons (Fsp3) is 0.833. The van der Waals surface area contributed by atoms with Crippen LogP contribution >= 0.6 is 0 Å². The lowest BCUT2D eigenvalue weighted by molar-refractivity contribution is -0.147. The predicted octanol–water partition coefficient (Wildman–Crippen LogP) is -0.435. The Bertz CT molecular complexity index is 328. The zero-order valence-electron chi connectivity index (χ0n) is 10.3. The molecule has 1 amide bonds. The molecule has 6 heteroatoms. The van der Waals surface area contributed by atoms with Crippen LogP contribution in [-0.4, -0.2) is 58.3 Å². The molecule has 102 valence electrons. The monoisotopic (exact) mass is 256 g/mol. The van der Waals surface area contributed by atoms with Crippen molar-refractivity contribution in [3.8, 4) is 0 Å². The van der Waals surface area contributed by atoms with Gasteiger partial charge < -0.3 is 20.4 Å². The predicted molar refractivity (Wildman–Crippen MR) is 64.0 cm³/mol. The number of aliphatic hydroxyl groups excluding tert-OH is 1. The molecular formula is C12H20N2O4. The molecule has 0 radical (unpaired) electrons. The van der Waals surface area contributed by atoms with Crippen LogP contribution in [-0.2, 0) is 9.59 Å². The molecule has 1 aliphatic carbocycles. The highest BCUT2D eigenvalue weighted by molar-refractivity contribution is 5.85. The second-order valence-electron chi connectivity index (χ2n) is 5.15. The van der Waals surface area contributed by atoms with Crippen molar-refractivity contribution in [1.29, 1.82) is 0 Å². The lowest BCUT2D eigenvalue weighted by atomic mass is 10.2. The number of carbonyl (C=O) groups excluding carboxylic acids is 1. The molecular weight excluding hydrogens is 236 g/mol. The summed E-state index contributed by atoms with van der Waals surface area (Å²) < 4.78 is 0. The molecule has 2 aliphatic rings. The van der Waals surface area contributed by atoms with Gasteiger partial charge in [0.1, 0.15) is 6.04 Å². The van der Waals surface area contributed by atoms with Crippen LogP contribution in [0.4, 0.5) is 0 Å². The lowest BCUT2D eigenvalue weighted by Crippen LogP contribution is -2.46.